The molecule has 1 fully saturated rings. The number of hydrogen-bond acceptors (Lipinski definition) is 3. The quantitative estimate of drug-likeness (QED) is 0.759. The first-order valence-corrected chi connectivity index (χ1v) is 9.23. The highest BCUT2D eigenvalue weighted by atomic mass is 35.5. The number of halogens is 1. The van der Waals surface area contributed by atoms with Crippen molar-refractivity contribution in [2.24, 2.45) is 5.92 Å². The standard InChI is InChI=1S/C20H28N2O2.ClH/c1-2-3-11-22-12-7-6-8-16(14-22)15-24-20(23)18-13-21-19-10-5-4-9-17(18)19;/h4-5,9-10,13,16,21H,2-3,6-8,11-12,14-15H2,1H3;1H. The number of carbonyl (C=O) groups excluding carboxylic acids is 1. The number of hydrogen-bond donors (Lipinski definition) is 1. The van der Waals surface area contributed by atoms with Crippen molar-refractivity contribution in [1.82, 2.24) is 9.88 Å². The van der Waals surface area contributed by atoms with Gasteiger partial charge in [-0.2, -0.15) is 0 Å². The molecule has 1 atom stereocenters. The SMILES string of the molecule is CCCCN1CCCCC(COC(=O)c2c[nH]c3ccccc23)C1.Cl. The van der Waals surface area contributed by atoms with Gasteiger partial charge in [-0.3, -0.25) is 0 Å². The van der Waals surface area contributed by atoms with Crippen LogP contribution in [0.3, 0.4) is 0 Å². The van der Waals surface area contributed by atoms with Gasteiger partial charge in [-0.05, 0) is 38.4 Å². The third-order valence-corrected chi connectivity index (χ3v) is 4.94. The molecular weight excluding hydrogens is 336 g/mol. The number of nitrogens with one attached hydrogen (secondary N) is 1. The number of rotatable bonds is 6. The molecular formula is C20H29ClN2O2. The molecule has 0 bridgehead atoms. The van der Waals surface area contributed by atoms with E-state index < -0.39 is 0 Å². The summed E-state index contributed by atoms with van der Waals surface area (Å²) in [5.74, 6) is 0.246. The van der Waals surface area contributed by atoms with Crippen molar-refractivity contribution in [3.8, 4) is 0 Å². The monoisotopic (exact) mass is 364 g/mol. The van der Waals surface area contributed by atoms with Crippen molar-refractivity contribution >= 4 is 29.3 Å². The zero-order chi connectivity index (χ0) is 16.8. The van der Waals surface area contributed by atoms with Crippen molar-refractivity contribution in [3.63, 3.8) is 0 Å². The number of benzene rings is 1. The molecule has 0 saturated carbocycles. The van der Waals surface area contributed by atoms with Gasteiger partial charge in [-0.25, -0.2) is 4.79 Å². The third kappa shape index (κ3) is 5.23. The molecule has 1 aromatic heterocycles. The molecule has 0 aliphatic carbocycles. The first-order chi connectivity index (χ1) is 11.8. The smallest absolute Gasteiger partial charge is 0.340 e. The van der Waals surface area contributed by atoms with Crippen molar-refractivity contribution < 1.29 is 9.53 Å². The minimum absolute atomic E-state index is 0. The molecule has 0 radical (unpaired) electrons. The van der Waals surface area contributed by atoms with E-state index in [2.05, 4.69) is 16.8 Å². The lowest BCUT2D eigenvalue weighted by Crippen LogP contribution is -2.31. The summed E-state index contributed by atoms with van der Waals surface area (Å²) in [5.41, 5.74) is 1.62. The van der Waals surface area contributed by atoms with Gasteiger partial charge < -0.3 is 14.6 Å². The summed E-state index contributed by atoms with van der Waals surface area (Å²) >= 11 is 0. The molecule has 2 heterocycles. The minimum atomic E-state index is -0.211. The number of fused-ring (bicyclic) bond motifs is 1. The van der Waals surface area contributed by atoms with Crippen LogP contribution in [0.2, 0.25) is 0 Å². The molecule has 5 heteroatoms. The number of esters is 1. The molecule has 2 aromatic rings. The van der Waals surface area contributed by atoms with Crippen molar-refractivity contribution in [2.75, 3.05) is 26.2 Å². The van der Waals surface area contributed by atoms with Crippen LogP contribution in [0, 0.1) is 5.92 Å². The molecule has 1 unspecified atom stereocenters. The Hall–Kier alpha value is -1.52. The lowest BCUT2D eigenvalue weighted by molar-refractivity contribution is 0.0412. The minimum Gasteiger partial charge on any atom is -0.462 e. The van der Waals surface area contributed by atoms with Gasteiger partial charge in [-0.1, -0.05) is 38.0 Å². The molecule has 1 aliphatic heterocycles. The molecule has 4 nitrogen and oxygen atoms in total. The van der Waals surface area contributed by atoms with E-state index in [-0.39, 0.29) is 18.4 Å². The predicted molar refractivity (Wildman–Crippen MR) is 105 cm³/mol. The number of H-pyrrole nitrogens is 1. The fourth-order valence-corrected chi connectivity index (χ4v) is 3.55. The number of likely N-dealkylation sites (tertiary alicyclic amines) is 1. The maximum absolute atomic E-state index is 12.4. The van der Waals surface area contributed by atoms with Gasteiger partial charge in [0, 0.05) is 29.6 Å². The lowest BCUT2D eigenvalue weighted by Gasteiger charge is -2.23. The second kappa shape index (κ2) is 9.83. The average molecular weight is 365 g/mol. The van der Waals surface area contributed by atoms with Crippen LogP contribution in [0.1, 0.15) is 49.4 Å². The second-order valence-electron chi connectivity index (χ2n) is 6.86. The summed E-state index contributed by atoms with van der Waals surface area (Å²) < 4.78 is 5.66. The summed E-state index contributed by atoms with van der Waals surface area (Å²) in [4.78, 5) is 18.1. The van der Waals surface area contributed by atoms with Crippen LogP contribution in [-0.4, -0.2) is 42.1 Å². The number of unbranched alkanes of at least 4 members (excludes halogenated alkanes) is 1. The van der Waals surface area contributed by atoms with E-state index in [0.29, 0.717) is 18.1 Å². The number of ether oxygens (including phenoxy) is 1. The molecule has 138 valence electrons. The van der Waals surface area contributed by atoms with Crippen LogP contribution in [0.15, 0.2) is 30.5 Å². The number of para-hydroxylation sites is 1. The van der Waals surface area contributed by atoms with Gasteiger partial charge in [0.1, 0.15) is 0 Å². The normalized spacial score (nSPS) is 18.5. The topological polar surface area (TPSA) is 45.3 Å². The largest absolute Gasteiger partial charge is 0.462 e. The fraction of sp³-hybridized carbons (Fsp3) is 0.550. The van der Waals surface area contributed by atoms with Gasteiger partial charge in [0.15, 0.2) is 0 Å². The predicted octanol–water partition coefficient (Wildman–Crippen LogP) is 4.65. The van der Waals surface area contributed by atoms with Crippen molar-refractivity contribution in [3.05, 3.63) is 36.0 Å². The zero-order valence-corrected chi connectivity index (χ0v) is 15.8. The van der Waals surface area contributed by atoms with Gasteiger partial charge >= 0.3 is 5.97 Å². The first-order valence-electron chi connectivity index (χ1n) is 9.23. The second-order valence-corrected chi connectivity index (χ2v) is 6.86. The number of aromatic amines is 1. The van der Waals surface area contributed by atoms with Crippen molar-refractivity contribution in [2.45, 2.75) is 39.0 Å². The molecule has 1 aliphatic rings. The lowest BCUT2D eigenvalue weighted by atomic mass is 10.0. The summed E-state index contributed by atoms with van der Waals surface area (Å²) in [6.07, 6.45) is 7.89. The molecule has 1 saturated heterocycles. The highest BCUT2D eigenvalue weighted by Crippen LogP contribution is 2.21. The molecule has 1 N–H and O–H groups in total. The Kier molecular flexibility index (Phi) is 7.79. The van der Waals surface area contributed by atoms with Crippen molar-refractivity contribution in [1.29, 1.82) is 0 Å². The summed E-state index contributed by atoms with van der Waals surface area (Å²) in [5, 5.41) is 0.938. The average Bonchev–Trinajstić information content (AvgIpc) is 2.91. The number of nitrogens with zero attached hydrogens (tertiary/aromatic N) is 1. The van der Waals surface area contributed by atoms with Crippen LogP contribution in [0.25, 0.3) is 10.9 Å². The molecule has 0 spiro atoms. The summed E-state index contributed by atoms with van der Waals surface area (Å²) in [6.45, 7) is 6.18. The van der Waals surface area contributed by atoms with E-state index in [4.69, 9.17) is 4.74 Å². The Morgan fingerprint density at radius 2 is 2.16 bits per heavy atom. The Balaban J connectivity index is 0.00000225. The fourth-order valence-electron chi connectivity index (χ4n) is 3.55. The van der Waals surface area contributed by atoms with Gasteiger partial charge in [0.2, 0.25) is 0 Å². The molecule has 25 heavy (non-hydrogen) atoms. The van der Waals surface area contributed by atoms with Gasteiger partial charge in [0.25, 0.3) is 0 Å². The van der Waals surface area contributed by atoms with E-state index in [1.807, 2.05) is 24.3 Å². The Bertz CT molecular complexity index is 671. The van der Waals surface area contributed by atoms with E-state index in [0.717, 1.165) is 23.9 Å². The number of aromatic nitrogens is 1. The van der Waals surface area contributed by atoms with Crippen LogP contribution < -0.4 is 0 Å². The van der Waals surface area contributed by atoms with E-state index in [1.54, 1.807) is 6.20 Å². The maximum Gasteiger partial charge on any atom is 0.340 e. The van der Waals surface area contributed by atoms with E-state index >= 15 is 0 Å². The maximum atomic E-state index is 12.4. The Morgan fingerprint density at radius 1 is 1.32 bits per heavy atom. The highest BCUT2D eigenvalue weighted by Gasteiger charge is 2.20. The molecule has 0 amide bonds. The van der Waals surface area contributed by atoms with Gasteiger partial charge in [0.05, 0.1) is 12.2 Å². The van der Waals surface area contributed by atoms with Crippen LogP contribution in [0.5, 0.6) is 0 Å². The Morgan fingerprint density at radius 3 is 3.00 bits per heavy atom. The van der Waals surface area contributed by atoms with E-state index in [9.17, 15) is 4.79 Å². The van der Waals surface area contributed by atoms with Gasteiger partial charge in [-0.15, -0.1) is 12.4 Å². The highest BCUT2D eigenvalue weighted by molar-refractivity contribution is 6.03. The number of carbonyl (C=O) groups is 1. The first kappa shape index (κ1) is 19.8. The molecule has 3 rings (SSSR count). The zero-order valence-electron chi connectivity index (χ0n) is 15.0. The Labute approximate surface area is 156 Å². The summed E-state index contributed by atoms with van der Waals surface area (Å²) in [7, 11) is 0. The van der Waals surface area contributed by atoms with E-state index in [1.165, 1.54) is 38.8 Å². The third-order valence-electron chi connectivity index (χ3n) is 4.94. The summed E-state index contributed by atoms with van der Waals surface area (Å²) in [6, 6.07) is 7.85. The van der Waals surface area contributed by atoms with Crippen LogP contribution in [0.4, 0.5) is 0 Å². The van der Waals surface area contributed by atoms with Crippen LogP contribution in [-0.2, 0) is 4.74 Å². The van der Waals surface area contributed by atoms with Crippen LogP contribution >= 0.6 is 12.4 Å². The molecule has 1 aromatic carbocycles.